The molecule has 1 fully saturated rings. The highest BCUT2D eigenvalue weighted by Gasteiger charge is 2.21. The molecule has 17 heavy (non-hydrogen) atoms. The van der Waals surface area contributed by atoms with Crippen LogP contribution in [0.25, 0.3) is 0 Å². The van der Waals surface area contributed by atoms with E-state index in [0.717, 1.165) is 29.8 Å². The highest BCUT2D eigenvalue weighted by atomic mass is 15.1. The molecule has 3 nitrogen and oxygen atoms in total. The highest BCUT2D eigenvalue weighted by Crippen LogP contribution is 2.25. The fraction of sp³-hybridized carbons (Fsp3) is 0.643. The second-order valence-corrected chi connectivity index (χ2v) is 5.40. The van der Waals surface area contributed by atoms with Crippen LogP contribution in [0, 0.1) is 11.8 Å². The van der Waals surface area contributed by atoms with Gasteiger partial charge in [0, 0.05) is 12.7 Å². The summed E-state index contributed by atoms with van der Waals surface area (Å²) in [5, 5.41) is 0. The van der Waals surface area contributed by atoms with Gasteiger partial charge in [0.2, 0.25) is 0 Å². The van der Waals surface area contributed by atoms with E-state index >= 15 is 0 Å². The molecule has 1 aromatic heterocycles. The van der Waals surface area contributed by atoms with Crippen molar-refractivity contribution >= 4 is 5.69 Å². The third kappa shape index (κ3) is 3.19. The number of piperidine rings is 1. The van der Waals surface area contributed by atoms with Gasteiger partial charge in [-0.05, 0) is 49.9 Å². The molecule has 2 N–H and O–H groups in total. The maximum atomic E-state index is 5.92. The minimum atomic E-state index is 0.817. The number of hydrogen-bond donors (Lipinski definition) is 1. The smallest absolute Gasteiger partial charge is 0.0772 e. The van der Waals surface area contributed by atoms with Gasteiger partial charge in [-0.25, -0.2) is 0 Å². The summed E-state index contributed by atoms with van der Waals surface area (Å²) in [4.78, 5) is 6.83. The summed E-state index contributed by atoms with van der Waals surface area (Å²) >= 11 is 0. The summed E-state index contributed by atoms with van der Waals surface area (Å²) in [7, 11) is 0. The molecule has 0 bridgehead atoms. The fourth-order valence-corrected chi connectivity index (χ4v) is 2.57. The molecule has 2 heterocycles. The molecule has 3 heteroatoms. The summed E-state index contributed by atoms with van der Waals surface area (Å²) in [5.41, 5.74) is 7.77. The van der Waals surface area contributed by atoms with E-state index in [-0.39, 0.29) is 0 Å². The Labute approximate surface area is 104 Å². The Bertz CT molecular complexity index is 354. The van der Waals surface area contributed by atoms with E-state index in [2.05, 4.69) is 23.7 Å². The first kappa shape index (κ1) is 12.4. The Morgan fingerprint density at radius 3 is 2.71 bits per heavy atom. The molecule has 0 unspecified atom stereocenters. The molecule has 0 aliphatic carbocycles. The Hall–Kier alpha value is -1.09. The van der Waals surface area contributed by atoms with Gasteiger partial charge in [0.25, 0.3) is 0 Å². The minimum absolute atomic E-state index is 0.817. The SMILES string of the molecule is CC(C)C1CCN(Cc2ncccc2N)CC1. The largest absolute Gasteiger partial charge is 0.397 e. The zero-order chi connectivity index (χ0) is 12.3. The van der Waals surface area contributed by atoms with Gasteiger partial charge in [0.1, 0.15) is 0 Å². The molecule has 0 atom stereocenters. The summed E-state index contributed by atoms with van der Waals surface area (Å²) in [6.45, 7) is 7.92. The van der Waals surface area contributed by atoms with E-state index in [0.29, 0.717) is 0 Å². The summed E-state index contributed by atoms with van der Waals surface area (Å²) < 4.78 is 0. The molecule has 1 aliphatic rings. The average molecular weight is 233 g/mol. The Morgan fingerprint density at radius 1 is 1.41 bits per heavy atom. The van der Waals surface area contributed by atoms with Crippen LogP contribution in [0.5, 0.6) is 0 Å². The third-order valence-corrected chi connectivity index (χ3v) is 3.87. The number of likely N-dealkylation sites (tertiary alicyclic amines) is 1. The van der Waals surface area contributed by atoms with Crippen LogP contribution in [-0.4, -0.2) is 23.0 Å². The molecular weight excluding hydrogens is 210 g/mol. The van der Waals surface area contributed by atoms with E-state index < -0.39 is 0 Å². The second kappa shape index (κ2) is 5.50. The van der Waals surface area contributed by atoms with Gasteiger partial charge >= 0.3 is 0 Å². The number of pyridine rings is 1. The molecule has 1 saturated heterocycles. The molecule has 2 rings (SSSR count). The molecule has 94 valence electrons. The van der Waals surface area contributed by atoms with Crippen molar-refractivity contribution in [3.8, 4) is 0 Å². The number of nitrogen functional groups attached to an aromatic ring is 1. The monoisotopic (exact) mass is 233 g/mol. The predicted octanol–water partition coefficient (Wildman–Crippen LogP) is 2.53. The van der Waals surface area contributed by atoms with Crippen molar-refractivity contribution in [2.75, 3.05) is 18.8 Å². The topological polar surface area (TPSA) is 42.2 Å². The molecule has 0 spiro atoms. The standard InChI is InChI=1S/C14H23N3/c1-11(2)12-5-8-17(9-6-12)10-14-13(15)4-3-7-16-14/h3-4,7,11-12H,5-6,8-10,15H2,1-2H3. The van der Waals surface area contributed by atoms with Gasteiger partial charge in [0.15, 0.2) is 0 Å². The van der Waals surface area contributed by atoms with Crippen LogP contribution in [0.4, 0.5) is 5.69 Å². The summed E-state index contributed by atoms with van der Waals surface area (Å²) in [6.07, 6.45) is 4.45. The van der Waals surface area contributed by atoms with Crippen molar-refractivity contribution in [1.82, 2.24) is 9.88 Å². The first-order chi connectivity index (χ1) is 8.16. The van der Waals surface area contributed by atoms with Gasteiger partial charge in [-0.2, -0.15) is 0 Å². The van der Waals surface area contributed by atoms with E-state index in [1.54, 1.807) is 0 Å². The molecular formula is C14H23N3. The predicted molar refractivity (Wildman–Crippen MR) is 71.5 cm³/mol. The van der Waals surface area contributed by atoms with E-state index in [4.69, 9.17) is 5.73 Å². The molecule has 1 aliphatic heterocycles. The number of aromatic nitrogens is 1. The lowest BCUT2D eigenvalue weighted by atomic mass is 9.87. The number of rotatable bonds is 3. The molecule has 0 radical (unpaired) electrons. The van der Waals surface area contributed by atoms with Crippen molar-refractivity contribution in [3.05, 3.63) is 24.0 Å². The van der Waals surface area contributed by atoms with E-state index in [1.165, 1.54) is 25.9 Å². The van der Waals surface area contributed by atoms with Crippen molar-refractivity contribution in [1.29, 1.82) is 0 Å². The number of anilines is 1. The van der Waals surface area contributed by atoms with Crippen molar-refractivity contribution in [2.45, 2.75) is 33.2 Å². The van der Waals surface area contributed by atoms with Crippen LogP contribution in [0.3, 0.4) is 0 Å². The van der Waals surface area contributed by atoms with Crippen LogP contribution < -0.4 is 5.73 Å². The quantitative estimate of drug-likeness (QED) is 0.872. The van der Waals surface area contributed by atoms with Crippen molar-refractivity contribution in [2.24, 2.45) is 11.8 Å². The summed E-state index contributed by atoms with van der Waals surface area (Å²) in [5.74, 6) is 1.71. The van der Waals surface area contributed by atoms with Gasteiger partial charge < -0.3 is 5.73 Å². The lowest BCUT2D eigenvalue weighted by Crippen LogP contribution is -2.35. The molecule has 0 aromatic carbocycles. The lowest BCUT2D eigenvalue weighted by molar-refractivity contribution is 0.151. The number of nitrogens with two attached hydrogens (primary N) is 1. The van der Waals surface area contributed by atoms with Crippen molar-refractivity contribution in [3.63, 3.8) is 0 Å². The lowest BCUT2D eigenvalue weighted by Gasteiger charge is -2.33. The van der Waals surface area contributed by atoms with Crippen LogP contribution in [-0.2, 0) is 6.54 Å². The highest BCUT2D eigenvalue weighted by molar-refractivity contribution is 5.41. The fourth-order valence-electron chi connectivity index (χ4n) is 2.57. The first-order valence-corrected chi connectivity index (χ1v) is 6.58. The third-order valence-electron chi connectivity index (χ3n) is 3.87. The first-order valence-electron chi connectivity index (χ1n) is 6.58. The van der Waals surface area contributed by atoms with E-state index in [1.807, 2.05) is 18.3 Å². The van der Waals surface area contributed by atoms with Crippen LogP contribution in [0.15, 0.2) is 18.3 Å². The maximum Gasteiger partial charge on any atom is 0.0772 e. The number of hydrogen-bond acceptors (Lipinski definition) is 3. The normalized spacial score (nSPS) is 18.8. The Balaban J connectivity index is 1.88. The van der Waals surface area contributed by atoms with Gasteiger partial charge in [-0.3, -0.25) is 9.88 Å². The van der Waals surface area contributed by atoms with Crippen LogP contribution >= 0.6 is 0 Å². The zero-order valence-corrected chi connectivity index (χ0v) is 10.9. The average Bonchev–Trinajstić information content (AvgIpc) is 2.33. The van der Waals surface area contributed by atoms with Gasteiger partial charge in [-0.15, -0.1) is 0 Å². The Kier molecular flexibility index (Phi) is 4.00. The molecule has 0 amide bonds. The zero-order valence-electron chi connectivity index (χ0n) is 10.9. The van der Waals surface area contributed by atoms with Crippen LogP contribution in [0.1, 0.15) is 32.4 Å². The van der Waals surface area contributed by atoms with Crippen LogP contribution in [0.2, 0.25) is 0 Å². The molecule has 0 saturated carbocycles. The Morgan fingerprint density at radius 2 is 2.12 bits per heavy atom. The van der Waals surface area contributed by atoms with Crippen molar-refractivity contribution < 1.29 is 0 Å². The summed E-state index contributed by atoms with van der Waals surface area (Å²) in [6, 6.07) is 3.83. The molecule has 1 aromatic rings. The number of nitrogens with zero attached hydrogens (tertiary/aromatic N) is 2. The van der Waals surface area contributed by atoms with Gasteiger partial charge in [0.05, 0.1) is 11.4 Å². The second-order valence-electron chi connectivity index (χ2n) is 5.40. The van der Waals surface area contributed by atoms with E-state index in [9.17, 15) is 0 Å². The maximum absolute atomic E-state index is 5.92. The minimum Gasteiger partial charge on any atom is -0.397 e. The van der Waals surface area contributed by atoms with Gasteiger partial charge in [-0.1, -0.05) is 13.8 Å².